The van der Waals surface area contributed by atoms with Crippen LogP contribution in [0, 0.1) is 0 Å². The third-order valence-corrected chi connectivity index (χ3v) is 7.67. The number of imidazole rings is 1. The molecule has 1 aliphatic heterocycles. The van der Waals surface area contributed by atoms with Gasteiger partial charge in [0.2, 0.25) is 5.95 Å². The third-order valence-electron chi connectivity index (χ3n) is 7.17. The van der Waals surface area contributed by atoms with Gasteiger partial charge in [-0.2, -0.15) is 15.4 Å². The first kappa shape index (κ1) is 21.3. The number of hydrogen-bond donors (Lipinski definition) is 2. The average molecular weight is 520 g/mol. The lowest BCUT2D eigenvalue weighted by molar-refractivity contribution is 0.412. The molecular weight excluding hydrogens is 494 g/mol. The molecule has 0 saturated carbocycles. The van der Waals surface area contributed by atoms with Gasteiger partial charge in [-0.05, 0) is 55.9 Å². The van der Waals surface area contributed by atoms with Crippen LogP contribution in [0.2, 0.25) is 0 Å². The summed E-state index contributed by atoms with van der Waals surface area (Å²) >= 11 is 3.63. The lowest BCUT2D eigenvalue weighted by Crippen LogP contribution is -2.41. The molecule has 4 heterocycles. The van der Waals surface area contributed by atoms with E-state index < -0.39 is 0 Å². The molecule has 10 heteroatoms. The van der Waals surface area contributed by atoms with E-state index in [0.29, 0.717) is 12.0 Å². The van der Waals surface area contributed by atoms with Crippen molar-refractivity contribution in [3.63, 3.8) is 0 Å². The van der Waals surface area contributed by atoms with Crippen LogP contribution in [-0.2, 0) is 12.8 Å². The molecular formula is C24H26BrN9. The standard InChI is InChI=1S/C24H26BrN9/c1-14-6-16(21-12-30-32-31-21)4-5-33(14)22-13-27-23(18-10-28-24(26)29-11-18)34(22)20-8-15-2-3-19(25)7-17(15)9-20/h2-3,7,10-14,16,20H,4-6,8-9H2,1H3,(H2,26,28,29)(H,30,31,32). The number of aromatic nitrogens is 7. The van der Waals surface area contributed by atoms with E-state index in [1.54, 1.807) is 12.4 Å². The molecule has 1 aliphatic carbocycles. The topological polar surface area (TPSA) is 114 Å². The number of H-pyrrole nitrogens is 1. The first-order valence-corrected chi connectivity index (χ1v) is 12.4. The van der Waals surface area contributed by atoms with Gasteiger partial charge < -0.3 is 15.2 Å². The molecule has 174 valence electrons. The number of nitrogens with one attached hydrogen (secondary N) is 1. The molecule has 2 aliphatic rings. The van der Waals surface area contributed by atoms with Crippen LogP contribution < -0.4 is 10.6 Å². The molecule has 0 bridgehead atoms. The fourth-order valence-corrected chi connectivity index (χ4v) is 5.93. The summed E-state index contributed by atoms with van der Waals surface area (Å²) in [6, 6.07) is 7.22. The van der Waals surface area contributed by atoms with Crippen molar-refractivity contribution in [2.75, 3.05) is 17.2 Å². The van der Waals surface area contributed by atoms with Crippen LogP contribution in [0.15, 0.2) is 47.5 Å². The van der Waals surface area contributed by atoms with E-state index in [9.17, 15) is 0 Å². The van der Waals surface area contributed by atoms with E-state index in [2.05, 4.69) is 75.9 Å². The maximum atomic E-state index is 5.76. The van der Waals surface area contributed by atoms with Crippen LogP contribution in [0.25, 0.3) is 11.4 Å². The van der Waals surface area contributed by atoms with Crippen molar-refractivity contribution in [1.29, 1.82) is 0 Å². The highest BCUT2D eigenvalue weighted by atomic mass is 79.9. The normalized spacial score (nSPS) is 22.2. The van der Waals surface area contributed by atoms with Gasteiger partial charge in [-0.15, -0.1) is 0 Å². The number of hydrogen-bond acceptors (Lipinski definition) is 7. The monoisotopic (exact) mass is 519 g/mol. The van der Waals surface area contributed by atoms with Crippen molar-refractivity contribution < 1.29 is 0 Å². The summed E-state index contributed by atoms with van der Waals surface area (Å²) in [7, 11) is 0. The maximum absolute atomic E-state index is 5.76. The van der Waals surface area contributed by atoms with Crippen molar-refractivity contribution >= 4 is 27.7 Å². The highest BCUT2D eigenvalue weighted by Crippen LogP contribution is 2.40. The van der Waals surface area contributed by atoms with Crippen LogP contribution in [0.5, 0.6) is 0 Å². The second kappa shape index (κ2) is 8.50. The zero-order chi connectivity index (χ0) is 23.2. The fourth-order valence-electron chi connectivity index (χ4n) is 5.53. The maximum Gasteiger partial charge on any atom is 0.219 e. The molecule has 0 spiro atoms. The van der Waals surface area contributed by atoms with Gasteiger partial charge in [0.1, 0.15) is 11.6 Å². The molecule has 3 aromatic heterocycles. The van der Waals surface area contributed by atoms with E-state index >= 15 is 0 Å². The summed E-state index contributed by atoms with van der Waals surface area (Å²) in [5, 5.41) is 11.1. The van der Waals surface area contributed by atoms with E-state index in [-0.39, 0.29) is 12.0 Å². The van der Waals surface area contributed by atoms with Gasteiger partial charge in [0.25, 0.3) is 0 Å². The Morgan fingerprint density at radius 2 is 1.88 bits per heavy atom. The number of nitrogen functional groups attached to an aromatic ring is 1. The minimum absolute atomic E-state index is 0.267. The minimum Gasteiger partial charge on any atom is -0.368 e. The van der Waals surface area contributed by atoms with Crippen LogP contribution in [-0.4, -0.2) is 47.5 Å². The molecule has 1 saturated heterocycles. The summed E-state index contributed by atoms with van der Waals surface area (Å²) in [4.78, 5) is 15.8. The van der Waals surface area contributed by atoms with Crippen LogP contribution in [0.3, 0.4) is 0 Å². The van der Waals surface area contributed by atoms with E-state index in [4.69, 9.17) is 10.7 Å². The molecule has 3 atom stereocenters. The molecule has 4 aromatic rings. The second-order valence-electron chi connectivity index (χ2n) is 9.27. The zero-order valence-corrected chi connectivity index (χ0v) is 20.5. The van der Waals surface area contributed by atoms with Crippen molar-refractivity contribution in [2.24, 2.45) is 0 Å². The van der Waals surface area contributed by atoms with Gasteiger partial charge in [0.05, 0.1) is 23.7 Å². The Morgan fingerprint density at radius 1 is 1.06 bits per heavy atom. The number of fused-ring (bicyclic) bond motifs is 1. The molecule has 9 nitrogen and oxygen atoms in total. The largest absolute Gasteiger partial charge is 0.368 e. The SMILES string of the molecule is CC1CC(c2cn[nH]n2)CCN1c1cnc(-c2cnc(N)nc2)n1C1Cc2ccc(Br)cc2C1. The number of anilines is 2. The van der Waals surface area contributed by atoms with E-state index in [0.717, 1.165) is 59.6 Å². The highest BCUT2D eigenvalue weighted by molar-refractivity contribution is 9.10. The Balaban J connectivity index is 1.37. The molecule has 3 N–H and O–H groups in total. The van der Waals surface area contributed by atoms with Gasteiger partial charge >= 0.3 is 0 Å². The van der Waals surface area contributed by atoms with Gasteiger partial charge in [-0.25, -0.2) is 15.0 Å². The first-order chi connectivity index (χ1) is 16.6. The number of rotatable bonds is 4. The van der Waals surface area contributed by atoms with Crippen molar-refractivity contribution in [3.05, 3.63) is 64.3 Å². The van der Waals surface area contributed by atoms with Crippen LogP contribution in [0.4, 0.5) is 11.8 Å². The Labute approximate surface area is 206 Å². The predicted molar refractivity (Wildman–Crippen MR) is 133 cm³/mol. The van der Waals surface area contributed by atoms with Gasteiger partial charge in [0, 0.05) is 41.4 Å². The van der Waals surface area contributed by atoms with Gasteiger partial charge in [-0.3, -0.25) is 0 Å². The van der Waals surface area contributed by atoms with Crippen LogP contribution >= 0.6 is 15.9 Å². The summed E-state index contributed by atoms with van der Waals surface area (Å²) in [5.74, 6) is 2.72. The Hall–Kier alpha value is -3.27. The smallest absolute Gasteiger partial charge is 0.219 e. The Bertz CT molecular complexity index is 1300. The Morgan fingerprint density at radius 3 is 2.65 bits per heavy atom. The third kappa shape index (κ3) is 3.75. The van der Waals surface area contributed by atoms with E-state index in [1.807, 2.05) is 12.4 Å². The van der Waals surface area contributed by atoms with Crippen molar-refractivity contribution in [1.82, 2.24) is 34.9 Å². The van der Waals surface area contributed by atoms with Crippen molar-refractivity contribution in [2.45, 2.75) is 50.6 Å². The molecule has 1 fully saturated rings. The zero-order valence-electron chi connectivity index (χ0n) is 18.9. The minimum atomic E-state index is 0.267. The summed E-state index contributed by atoms with van der Waals surface area (Å²) in [6.45, 7) is 3.23. The molecule has 0 amide bonds. The molecule has 6 rings (SSSR count). The number of aromatic amines is 1. The number of piperidine rings is 1. The summed E-state index contributed by atoms with van der Waals surface area (Å²) in [5.41, 5.74) is 10.5. The summed E-state index contributed by atoms with van der Waals surface area (Å²) in [6.07, 6.45) is 11.4. The lowest BCUT2D eigenvalue weighted by atomic mass is 9.89. The molecule has 34 heavy (non-hydrogen) atoms. The Kier molecular flexibility index (Phi) is 5.32. The highest BCUT2D eigenvalue weighted by Gasteiger charge is 2.34. The molecule has 3 unspecified atom stereocenters. The lowest BCUT2D eigenvalue weighted by Gasteiger charge is -2.39. The first-order valence-electron chi connectivity index (χ1n) is 11.6. The molecule has 1 aromatic carbocycles. The number of halogens is 1. The number of benzene rings is 1. The summed E-state index contributed by atoms with van der Waals surface area (Å²) < 4.78 is 3.52. The van der Waals surface area contributed by atoms with Gasteiger partial charge in [-0.1, -0.05) is 22.0 Å². The molecule has 0 radical (unpaired) electrons. The number of nitrogens with two attached hydrogens (primary N) is 1. The van der Waals surface area contributed by atoms with E-state index in [1.165, 1.54) is 11.1 Å². The predicted octanol–water partition coefficient (Wildman–Crippen LogP) is 3.92. The quantitative estimate of drug-likeness (QED) is 0.419. The number of nitrogens with zero attached hydrogens (tertiary/aromatic N) is 7. The average Bonchev–Trinajstić information content (AvgIpc) is 3.58. The second-order valence-corrected chi connectivity index (χ2v) is 10.2. The fraction of sp³-hybridized carbons (Fsp3) is 0.375. The van der Waals surface area contributed by atoms with Gasteiger partial charge in [0.15, 0.2) is 0 Å². The van der Waals surface area contributed by atoms with Crippen molar-refractivity contribution in [3.8, 4) is 11.4 Å². The van der Waals surface area contributed by atoms with Crippen LogP contribution in [0.1, 0.15) is 48.5 Å².